The summed E-state index contributed by atoms with van der Waals surface area (Å²) < 4.78 is 5.27. The van der Waals surface area contributed by atoms with Crippen LogP contribution in [0.4, 0.5) is 9.59 Å². The average Bonchev–Trinajstić information content (AvgIpc) is 2.27. The van der Waals surface area contributed by atoms with Crippen molar-refractivity contribution in [3.05, 3.63) is 12.8 Å². The Labute approximate surface area is 108 Å². The Hall–Kier alpha value is -1.72. The molecular weight excluding hydrogens is 234 g/mol. The smallest absolute Gasteiger partial charge is 0.410 e. The Morgan fingerprint density at radius 3 is 2.11 bits per heavy atom. The second kappa shape index (κ2) is 5.75. The zero-order valence-electron chi connectivity index (χ0n) is 11.2. The molecule has 0 radical (unpaired) electrons. The number of carbonyl (C=O) groups excluding carboxylic acids is 2. The summed E-state index contributed by atoms with van der Waals surface area (Å²) in [6.45, 7) is 10.9. The van der Waals surface area contributed by atoms with Crippen LogP contribution in [0.25, 0.3) is 0 Å². The standard InChI is InChI=1S/C12H21N3O3/c1-5-13-10(16)14-6-8-15(9-7-14)11(17)18-12(2,3)4/h5H,1,6-9H2,2-4H3,(H,13,16). The second-order valence-corrected chi connectivity index (χ2v) is 5.11. The lowest BCUT2D eigenvalue weighted by molar-refractivity contribution is 0.0171. The van der Waals surface area contributed by atoms with Gasteiger partial charge in [0.15, 0.2) is 0 Å². The maximum Gasteiger partial charge on any atom is 0.410 e. The molecule has 0 atom stereocenters. The Balaban J connectivity index is 2.42. The summed E-state index contributed by atoms with van der Waals surface area (Å²) in [5.74, 6) is 0. The van der Waals surface area contributed by atoms with Crippen LogP contribution in [0.15, 0.2) is 12.8 Å². The van der Waals surface area contributed by atoms with Crippen LogP contribution in [0.1, 0.15) is 20.8 Å². The van der Waals surface area contributed by atoms with E-state index >= 15 is 0 Å². The van der Waals surface area contributed by atoms with Crippen molar-refractivity contribution < 1.29 is 14.3 Å². The lowest BCUT2D eigenvalue weighted by atomic mass is 10.2. The Kier molecular flexibility index (Phi) is 4.58. The van der Waals surface area contributed by atoms with Gasteiger partial charge in [0.2, 0.25) is 0 Å². The summed E-state index contributed by atoms with van der Waals surface area (Å²) >= 11 is 0. The molecule has 1 aliphatic heterocycles. The van der Waals surface area contributed by atoms with E-state index in [1.807, 2.05) is 20.8 Å². The lowest BCUT2D eigenvalue weighted by Gasteiger charge is -2.35. The van der Waals surface area contributed by atoms with Gasteiger partial charge in [0.05, 0.1) is 0 Å². The Morgan fingerprint density at radius 1 is 1.17 bits per heavy atom. The molecule has 1 heterocycles. The van der Waals surface area contributed by atoms with E-state index in [4.69, 9.17) is 4.74 Å². The first-order chi connectivity index (χ1) is 8.33. The van der Waals surface area contributed by atoms with E-state index in [2.05, 4.69) is 11.9 Å². The minimum absolute atomic E-state index is 0.186. The van der Waals surface area contributed by atoms with Crippen molar-refractivity contribution in [1.82, 2.24) is 15.1 Å². The number of amides is 3. The number of piperazine rings is 1. The summed E-state index contributed by atoms with van der Waals surface area (Å²) in [5.41, 5.74) is -0.492. The van der Waals surface area contributed by atoms with E-state index in [0.29, 0.717) is 26.2 Å². The van der Waals surface area contributed by atoms with Crippen LogP contribution >= 0.6 is 0 Å². The molecule has 0 saturated carbocycles. The normalized spacial score (nSPS) is 16.2. The highest BCUT2D eigenvalue weighted by Gasteiger charge is 2.27. The zero-order valence-corrected chi connectivity index (χ0v) is 11.2. The van der Waals surface area contributed by atoms with Gasteiger partial charge >= 0.3 is 12.1 Å². The summed E-state index contributed by atoms with van der Waals surface area (Å²) in [6.07, 6.45) is 1.02. The molecule has 102 valence electrons. The quantitative estimate of drug-likeness (QED) is 0.770. The van der Waals surface area contributed by atoms with Gasteiger partial charge in [-0.05, 0) is 27.0 Å². The maximum atomic E-state index is 11.8. The Morgan fingerprint density at radius 2 is 1.67 bits per heavy atom. The molecule has 1 saturated heterocycles. The highest BCUT2D eigenvalue weighted by molar-refractivity contribution is 5.75. The molecule has 6 nitrogen and oxygen atoms in total. The van der Waals surface area contributed by atoms with E-state index in [0.717, 1.165) is 0 Å². The third kappa shape index (κ3) is 4.27. The van der Waals surface area contributed by atoms with Crippen LogP contribution in [0.2, 0.25) is 0 Å². The topological polar surface area (TPSA) is 61.9 Å². The van der Waals surface area contributed by atoms with Gasteiger partial charge < -0.3 is 19.9 Å². The van der Waals surface area contributed by atoms with Crippen molar-refractivity contribution in [2.75, 3.05) is 26.2 Å². The molecule has 1 aliphatic rings. The van der Waals surface area contributed by atoms with E-state index < -0.39 is 5.60 Å². The molecule has 0 aromatic heterocycles. The molecule has 3 amide bonds. The summed E-state index contributed by atoms with van der Waals surface area (Å²) in [6, 6.07) is -0.186. The van der Waals surface area contributed by atoms with Crippen molar-refractivity contribution in [2.45, 2.75) is 26.4 Å². The first-order valence-corrected chi connectivity index (χ1v) is 5.98. The SMILES string of the molecule is C=CNC(=O)N1CCN(C(=O)OC(C)(C)C)CC1. The van der Waals surface area contributed by atoms with Gasteiger partial charge in [0, 0.05) is 26.2 Å². The minimum Gasteiger partial charge on any atom is -0.444 e. The van der Waals surface area contributed by atoms with Crippen LogP contribution in [-0.2, 0) is 4.74 Å². The fourth-order valence-corrected chi connectivity index (χ4v) is 1.60. The number of carbonyl (C=O) groups is 2. The van der Waals surface area contributed by atoms with Gasteiger partial charge in [-0.3, -0.25) is 0 Å². The van der Waals surface area contributed by atoms with Gasteiger partial charge in [-0.25, -0.2) is 9.59 Å². The molecule has 0 bridgehead atoms. The monoisotopic (exact) mass is 255 g/mol. The fraction of sp³-hybridized carbons (Fsp3) is 0.667. The number of hydrogen-bond donors (Lipinski definition) is 1. The van der Waals surface area contributed by atoms with Crippen LogP contribution in [0, 0.1) is 0 Å². The fourth-order valence-electron chi connectivity index (χ4n) is 1.60. The van der Waals surface area contributed by atoms with Gasteiger partial charge in [0.1, 0.15) is 5.60 Å². The van der Waals surface area contributed by atoms with Gasteiger partial charge in [-0.15, -0.1) is 0 Å². The highest BCUT2D eigenvalue weighted by Crippen LogP contribution is 2.11. The molecule has 0 aliphatic carbocycles. The third-order valence-corrected chi connectivity index (χ3v) is 2.44. The van der Waals surface area contributed by atoms with E-state index in [9.17, 15) is 9.59 Å². The average molecular weight is 255 g/mol. The molecule has 6 heteroatoms. The Bertz CT molecular complexity index is 328. The largest absolute Gasteiger partial charge is 0.444 e. The van der Waals surface area contributed by atoms with Crippen LogP contribution in [0.3, 0.4) is 0 Å². The van der Waals surface area contributed by atoms with Crippen LogP contribution < -0.4 is 5.32 Å². The predicted octanol–water partition coefficient (Wildman–Crippen LogP) is 1.39. The lowest BCUT2D eigenvalue weighted by Crippen LogP contribution is -2.53. The van der Waals surface area contributed by atoms with Crippen molar-refractivity contribution in [2.24, 2.45) is 0 Å². The minimum atomic E-state index is -0.492. The summed E-state index contributed by atoms with van der Waals surface area (Å²) in [4.78, 5) is 26.6. The molecule has 18 heavy (non-hydrogen) atoms. The van der Waals surface area contributed by atoms with Crippen molar-refractivity contribution >= 4 is 12.1 Å². The molecule has 0 aromatic carbocycles. The van der Waals surface area contributed by atoms with E-state index in [1.54, 1.807) is 9.80 Å². The summed E-state index contributed by atoms with van der Waals surface area (Å²) in [5, 5.41) is 2.51. The van der Waals surface area contributed by atoms with Crippen molar-refractivity contribution in [3.8, 4) is 0 Å². The number of hydrogen-bond acceptors (Lipinski definition) is 3. The van der Waals surface area contributed by atoms with E-state index in [1.165, 1.54) is 6.20 Å². The number of nitrogens with zero attached hydrogens (tertiary/aromatic N) is 2. The van der Waals surface area contributed by atoms with Gasteiger partial charge in [-0.2, -0.15) is 0 Å². The molecule has 1 fully saturated rings. The molecular formula is C12H21N3O3. The first kappa shape index (κ1) is 14.3. The molecule has 1 N–H and O–H groups in total. The number of rotatable bonds is 1. The molecule has 0 aromatic rings. The first-order valence-electron chi connectivity index (χ1n) is 5.98. The number of ether oxygens (including phenoxy) is 1. The highest BCUT2D eigenvalue weighted by atomic mass is 16.6. The number of urea groups is 1. The van der Waals surface area contributed by atoms with Crippen molar-refractivity contribution in [1.29, 1.82) is 0 Å². The molecule has 0 spiro atoms. The molecule has 0 unspecified atom stereocenters. The van der Waals surface area contributed by atoms with Gasteiger partial charge in [-0.1, -0.05) is 6.58 Å². The van der Waals surface area contributed by atoms with Gasteiger partial charge in [0.25, 0.3) is 0 Å². The maximum absolute atomic E-state index is 11.8. The zero-order chi connectivity index (χ0) is 13.8. The van der Waals surface area contributed by atoms with Crippen LogP contribution in [0.5, 0.6) is 0 Å². The summed E-state index contributed by atoms with van der Waals surface area (Å²) in [7, 11) is 0. The van der Waals surface area contributed by atoms with Crippen molar-refractivity contribution in [3.63, 3.8) is 0 Å². The molecule has 1 rings (SSSR count). The predicted molar refractivity (Wildman–Crippen MR) is 68.1 cm³/mol. The van der Waals surface area contributed by atoms with E-state index in [-0.39, 0.29) is 12.1 Å². The van der Waals surface area contributed by atoms with Crippen LogP contribution in [-0.4, -0.2) is 53.7 Å². The third-order valence-electron chi connectivity index (χ3n) is 2.44. The number of nitrogens with one attached hydrogen (secondary N) is 1. The second-order valence-electron chi connectivity index (χ2n) is 5.11.